The van der Waals surface area contributed by atoms with Gasteiger partial charge in [-0.2, -0.15) is 0 Å². The minimum Gasteiger partial charge on any atom is -0.457 e. The Morgan fingerprint density at radius 3 is 3.18 bits per heavy atom. The fraction of sp³-hybridized carbons (Fsp3) is 0.250. The Hall–Kier alpha value is -1.38. The van der Waals surface area contributed by atoms with Crippen LogP contribution in [0.3, 0.4) is 0 Å². The summed E-state index contributed by atoms with van der Waals surface area (Å²) in [6.07, 6.45) is 1.69. The fourth-order valence-electron chi connectivity index (χ4n) is 1.23. The molecule has 56 valence electrons. The molecule has 11 heavy (non-hydrogen) atoms. The molecule has 1 aromatic heterocycles. The largest absolute Gasteiger partial charge is 0.457 e. The number of cyclic esters (lactones) is 1. The van der Waals surface area contributed by atoms with Crippen LogP contribution in [0.4, 0.5) is 0 Å². The van der Waals surface area contributed by atoms with Crippen molar-refractivity contribution in [3.8, 4) is 0 Å². The van der Waals surface area contributed by atoms with Gasteiger partial charge in [0.1, 0.15) is 6.61 Å². The van der Waals surface area contributed by atoms with Crippen molar-refractivity contribution in [1.82, 2.24) is 4.98 Å². The molecule has 0 atom stereocenters. The monoisotopic (exact) mass is 149 g/mol. The molecule has 0 unspecified atom stereocenters. The molecular formula is C8H7NO2. The van der Waals surface area contributed by atoms with E-state index in [-0.39, 0.29) is 5.97 Å². The van der Waals surface area contributed by atoms with Gasteiger partial charge in [0.2, 0.25) is 0 Å². The van der Waals surface area contributed by atoms with Crippen LogP contribution >= 0.6 is 0 Å². The van der Waals surface area contributed by atoms with E-state index in [0.29, 0.717) is 12.2 Å². The van der Waals surface area contributed by atoms with Crippen molar-refractivity contribution >= 4 is 5.97 Å². The van der Waals surface area contributed by atoms with E-state index < -0.39 is 0 Å². The second-order valence-electron chi connectivity index (χ2n) is 2.51. The van der Waals surface area contributed by atoms with Crippen LogP contribution in [0.2, 0.25) is 0 Å². The van der Waals surface area contributed by atoms with E-state index >= 15 is 0 Å². The number of esters is 1. The molecule has 3 nitrogen and oxygen atoms in total. The number of hydrogen-bond donors (Lipinski definition) is 0. The quantitative estimate of drug-likeness (QED) is 0.518. The van der Waals surface area contributed by atoms with Crippen LogP contribution in [0.5, 0.6) is 0 Å². The van der Waals surface area contributed by atoms with Crippen LogP contribution in [-0.4, -0.2) is 11.0 Å². The Balaban J connectivity index is 2.68. The summed E-state index contributed by atoms with van der Waals surface area (Å²) in [5.74, 6) is -0.245. The zero-order chi connectivity index (χ0) is 7.84. The summed E-state index contributed by atoms with van der Waals surface area (Å²) in [5.41, 5.74) is 2.35. The van der Waals surface area contributed by atoms with Crippen molar-refractivity contribution in [3.63, 3.8) is 0 Å². The van der Waals surface area contributed by atoms with Crippen LogP contribution in [0.15, 0.2) is 12.3 Å². The smallest absolute Gasteiger partial charge is 0.340 e. The van der Waals surface area contributed by atoms with E-state index in [9.17, 15) is 4.79 Å². The molecule has 0 fully saturated rings. The van der Waals surface area contributed by atoms with Gasteiger partial charge in [-0.1, -0.05) is 0 Å². The number of aryl methyl sites for hydroxylation is 1. The number of aromatic nitrogens is 1. The summed E-state index contributed by atoms with van der Waals surface area (Å²) in [4.78, 5) is 15.0. The molecule has 0 amide bonds. The second kappa shape index (κ2) is 2.05. The Morgan fingerprint density at radius 1 is 1.64 bits per heavy atom. The Labute approximate surface area is 64.0 Å². The second-order valence-corrected chi connectivity index (χ2v) is 2.51. The standard InChI is InChI=1S/C8H7NO2/c1-5-7-6(2-3-9-5)4-11-8(7)10/h2-3H,4H2,1H3. The predicted molar refractivity (Wildman–Crippen MR) is 38.1 cm³/mol. The number of nitrogens with zero attached hydrogens (tertiary/aromatic N) is 1. The first kappa shape index (κ1) is 6.34. The molecule has 0 saturated heterocycles. The number of carbonyl (C=O) groups is 1. The molecule has 1 aromatic rings. The number of hydrogen-bond acceptors (Lipinski definition) is 3. The van der Waals surface area contributed by atoms with Gasteiger partial charge in [0.25, 0.3) is 0 Å². The normalized spacial score (nSPS) is 14.5. The highest BCUT2D eigenvalue weighted by Gasteiger charge is 2.22. The average Bonchev–Trinajstić information content (AvgIpc) is 2.34. The summed E-state index contributed by atoms with van der Waals surface area (Å²) in [6.45, 7) is 2.21. The number of rotatable bonds is 0. The molecule has 1 aliphatic rings. The van der Waals surface area contributed by atoms with Crippen molar-refractivity contribution in [2.75, 3.05) is 0 Å². The molecule has 0 radical (unpaired) electrons. The van der Waals surface area contributed by atoms with Crippen molar-refractivity contribution < 1.29 is 9.53 Å². The zero-order valence-corrected chi connectivity index (χ0v) is 6.13. The van der Waals surface area contributed by atoms with E-state index in [2.05, 4.69) is 4.98 Å². The predicted octanol–water partition coefficient (Wildman–Crippen LogP) is 1.06. The minimum absolute atomic E-state index is 0.245. The SMILES string of the molecule is Cc1nccc2c1C(=O)OC2. The molecule has 2 rings (SSSR count). The van der Waals surface area contributed by atoms with Crippen LogP contribution in [0.1, 0.15) is 21.6 Å². The fourth-order valence-corrected chi connectivity index (χ4v) is 1.23. The van der Waals surface area contributed by atoms with Crippen LogP contribution in [-0.2, 0) is 11.3 Å². The summed E-state index contributed by atoms with van der Waals surface area (Å²) in [5, 5.41) is 0. The topological polar surface area (TPSA) is 39.2 Å². The van der Waals surface area contributed by atoms with Gasteiger partial charge in [0, 0.05) is 11.8 Å². The van der Waals surface area contributed by atoms with Crippen LogP contribution < -0.4 is 0 Å². The summed E-state index contributed by atoms with van der Waals surface area (Å²) in [7, 11) is 0. The molecule has 2 heterocycles. The Bertz CT molecular complexity index is 320. The molecule has 0 saturated carbocycles. The maximum Gasteiger partial charge on any atom is 0.340 e. The van der Waals surface area contributed by atoms with Gasteiger partial charge in [-0.15, -0.1) is 0 Å². The van der Waals surface area contributed by atoms with Crippen LogP contribution in [0.25, 0.3) is 0 Å². The Morgan fingerprint density at radius 2 is 2.45 bits per heavy atom. The molecule has 3 heteroatoms. The summed E-state index contributed by atoms with van der Waals surface area (Å²) in [6, 6.07) is 1.81. The van der Waals surface area contributed by atoms with Gasteiger partial charge in [0.05, 0.1) is 11.3 Å². The number of pyridine rings is 1. The van der Waals surface area contributed by atoms with E-state index in [1.165, 1.54) is 0 Å². The lowest BCUT2D eigenvalue weighted by molar-refractivity contribution is 0.0534. The lowest BCUT2D eigenvalue weighted by Crippen LogP contribution is -1.98. The highest BCUT2D eigenvalue weighted by atomic mass is 16.5. The molecule has 0 aliphatic carbocycles. The lowest BCUT2D eigenvalue weighted by atomic mass is 10.1. The number of ether oxygens (including phenoxy) is 1. The van der Waals surface area contributed by atoms with Gasteiger partial charge in [-0.05, 0) is 13.0 Å². The van der Waals surface area contributed by atoms with Gasteiger partial charge in [0.15, 0.2) is 0 Å². The van der Waals surface area contributed by atoms with Gasteiger partial charge < -0.3 is 4.74 Å². The maximum atomic E-state index is 11.0. The lowest BCUT2D eigenvalue weighted by Gasteiger charge is -1.95. The number of fused-ring (bicyclic) bond motifs is 1. The average molecular weight is 149 g/mol. The van der Waals surface area contributed by atoms with Crippen molar-refractivity contribution in [1.29, 1.82) is 0 Å². The Kier molecular flexibility index (Phi) is 1.18. The van der Waals surface area contributed by atoms with Gasteiger partial charge in [-0.25, -0.2) is 4.79 Å². The first-order chi connectivity index (χ1) is 5.29. The van der Waals surface area contributed by atoms with E-state index in [0.717, 1.165) is 11.3 Å². The third kappa shape index (κ3) is 0.808. The van der Waals surface area contributed by atoms with Crippen molar-refractivity contribution in [2.24, 2.45) is 0 Å². The third-order valence-corrected chi connectivity index (χ3v) is 1.79. The highest BCUT2D eigenvalue weighted by molar-refractivity contribution is 5.94. The maximum absolute atomic E-state index is 11.0. The molecule has 0 aromatic carbocycles. The molecule has 1 aliphatic heterocycles. The molecule has 0 N–H and O–H groups in total. The van der Waals surface area contributed by atoms with Crippen LogP contribution in [0, 0.1) is 6.92 Å². The first-order valence-electron chi connectivity index (χ1n) is 3.40. The third-order valence-electron chi connectivity index (χ3n) is 1.79. The zero-order valence-electron chi connectivity index (χ0n) is 6.13. The molecule has 0 spiro atoms. The molecular weight excluding hydrogens is 142 g/mol. The number of carbonyl (C=O) groups excluding carboxylic acids is 1. The molecule has 0 bridgehead atoms. The van der Waals surface area contributed by atoms with Crippen molar-refractivity contribution in [2.45, 2.75) is 13.5 Å². The van der Waals surface area contributed by atoms with Gasteiger partial charge in [-0.3, -0.25) is 4.98 Å². The summed E-state index contributed by atoms with van der Waals surface area (Å²) < 4.78 is 4.83. The first-order valence-corrected chi connectivity index (χ1v) is 3.40. The minimum atomic E-state index is -0.245. The van der Waals surface area contributed by atoms with Crippen molar-refractivity contribution in [3.05, 3.63) is 29.1 Å². The van der Waals surface area contributed by atoms with Gasteiger partial charge >= 0.3 is 5.97 Å². The van der Waals surface area contributed by atoms with E-state index in [1.54, 1.807) is 6.20 Å². The van der Waals surface area contributed by atoms with E-state index in [1.807, 2.05) is 13.0 Å². The van der Waals surface area contributed by atoms with E-state index in [4.69, 9.17) is 4.74 Å². The summed E-state index contributed by atoms with van der Waals surface area (Å²) >= 11 is 0. The highest BCUT2D eigenvalue weighted by Crippen LogP contribution is 2.20.